The van der Waals surface area contributed by atoms with E-state index in [0.29, 0.717) is 12.8 Å². The van der Waals surface area contributed by atoms with Gasteiger partial charge in [0.05, 0.1) is 12.5 Å². The third-order valence-electron chi connectivity index (χ3n) is 1.83. The molecule has 0 amide bonds. The van der Waals surface area contributed by atoms with E-state index >= 15 is 0 Å². The molecule has 0 N–H and O–H groups in total. The number of hydrogen-bond donors (Lipinski definition) is 0. The first-order chi connectivity index (χ1) is 7.68. The van der Waals surface area contributed by atoms with Crippen LogP contribution in [-0.4, -0.2) is 12.1 Å². The van der Waals surface area contributed by atoms with E-state index in [9.17, 15) is 4.79 Å². The van der Waals surface area contributed by atoms with Crippen LogP contribution in [-0.2, 0) is 9.53 Å². The van der Waals surface area contributed by atoms with Crippen molar-refractivity contribution in [2.24, 2.45) is 0 Å². The largest absolute Gasteiger partial charge is 0.463 e. The zero-order valence-electron chi connectivity index (χ0n) is 9.69. The van der Waals surface area contributed by atoms with Crippen LogP contribution in [0.4, 0.5) is 0 Å². The number of carbonyl (C=O) groups is 1. The molecule has 0 heterocycles. The lowest BCUT2D eigenvalue weighted by molar-refractivity contribution is -0.147. The van der Waals surface area contributed by atoms with Crippen LogP contribution in [0, 0.1) is 11.8 Å². The van der Waals surface area contributed by atoms with Crippen LogP contribution in [0.5, 0.6) is 0 Å². The Labute approximate surface area is 96.6 Å². The summed E-state index contributed by atoms with van der Waals surface area (Å²) in [5, 5.41) is 0. The molecule has 0 aliphatic rings. The van der Waals surface area contributed by atoms with Crippen molar-refractivity contribution in [2.75, 3.05) is 0 Å². The van der Waals surface area contributed by atoms with Gasteiger partial charge in [0, 0.05) is 12.0 Å². The van der Waals surface area contributed by atoms with Crippen LogP contribution in [0.3, 0.4) is 0 Å². The molecule has 0 aliphatic carbocycles. The molecule has 2 nitrogen and oxygen atoms in total. The maximum Gasteiger partial charge on any atom is 0.307 e. The summed E-state index contributed by atoms with van der Waals surface area (Å²) in [6.45, 7) is 3.68. The Balaban J connectivity index is 2.31. The van der Waals surface area contributed by atoms with Crippen molar-refractivity contribution in [3.05, 3.63) is 35.9 Å². The van der Waals surface area contributed by atoms with E-state index in [1.165, 1.54) is 0 Å². The highest BCUT2D eigenvalue weighted by Gasteiger charge is 2.02. The Morgan fingerprint density at radius 3 is 2.62 bits per heavy atom. The molecular formula is C14H16O2. The number of rotatable bonds is 3. The van der Waals surface area contributed by atoms with E-state index in [-0.39, 0.29) is 12.1 Å². The molecule has 0 aromatic heterocycles. The number of hydrogen-bond acceptors (Lipinski definition) is 2. The molecule has 0 spiro atoms. The van der Waals surface area contributed by atoms with Gasteiger partial charge in [0.1, 0.15) is 0 Å². The fraction of sp³-hybridized carbons (Fsp3) is 0.357. The van der Waals surface area contributed by atoms with Crippen molar-refractivity contribution in [1.82, 2.24) is 0 Å². The summed E-state index contributed by atoms with van der Waals surface area (Å²) in [5.41, 5.74) is 0.972. The standard InChI is InChI=1S/C14H16O2/c1-12(2)16-14(15)11-7-6-10-13-8-4-3-5-9-13/h3-5,8-9,12H,7,11H2,1-2H3. The second kappa shape index (κ2) is 6.68. The fourth-order valence-corrected chi connectivity index (χ4v) is 1.17. The SMILES string of the molecule is CC(C)OC(=O)CCC#Cc1ccccc1. The van der Waals surface area contributed by atoms with Crippen molar-refractivity contribution in [3.63, 3.8) is 0 Å². The maximum absolute atomic E-state index is 11.2. The second-order valence-electron chi connectivity index (χ2n) is 3.71. The summed E-state index contributed by atoms with van der Waals surface area (Å²) in [5.74, 6) is 5.77. The molecule has 1 aromatic carbocycles. The van der Waals surface area contributed by atoms with Crippen molar-refractivity contribution in [2.45, 2.75) is 32.8 Å². The minimum absolute atomic E-state index is 0.0467. The minimum atomic E-state index is -0.183. The normalized spacial score (nSPS) is 9.44. The van der Waals surface area contributed by atoms with Gasteiger partial charge in [-0.15, -0.1) is 0 Å². The molecule has 84 valence electrons. The molecule has 0 radical (unpaired) electrons. The molecule has 2 heteroatoms. The average Bonchev–Trinajstić information content (AvgIpc) is 2.25. The van der Waals surface area contributed by atoms with E-state index < -0.39 is 0 Å². The summed E-state index contributed by atoms with van der Waals surface area (Å²) >= 11 is 0. The monoisotopic (exact) mass is 216 g/mol. The maximum atomic E-state index is 11.2. The zero-order valence-corrected chi connectivity index (χ0v) is 9.69. The van der Waals surface area contributed by atoms with Gasteiger partial charge >= 0.3 is 5.97 Å². The number of esters is 1. The Bertz CT molecular complexity index is 382. The number of benzene rings is 1. The van der Waals surface area contributed by atoms with Crippen molar-refractivity contribution in [3.8, 4) is 11.8 Å². The van der Waals surface area contributed by atoms with E-state index in [4.69, 9.17) is 4.74 Å². The quantitative estimate of drug-likeness (QED) is 0.573. The van der Waals surface area contributed by atoms with E-state index in [1.807, 2.05) is 44.2 Å². The van der Waals surface area contributed by atoms with Gasteiger partial charge < -0.3 is 4.74 Å². The van der Waals surface area contributed by atoms with E-state index in [2.05, 4.69) is 11.8 Å². The Hall–Kier alpha value is -1.75. The highest BCUT2D eigenvalue weighted by molar-refractivity contribution is 5.69. The summed E-state index contributed by atoms with van der Waals surface area (Å²) in [6.07, 6.45) is 0.855. The van der Waals surface area contributed by atoms with Gasteiger partial charge in [0.15, 0.2) is 0 Å². The van der Waals surface area contributed by atoms with Crippen LogP contribution < -0.4 is 0 Å². The molecule has 16 heavy (non-hydrogen) atoms. The lowest BCUT2D eigenvalue weighted by Crippen LogP contribution is -2.10. The molecule has 1 rings (SSSR count). The molecule has 0 saturated heterocycles. The zero-order chi connectivity index (χ0) is 11.8. The van der Waals surface area contributed by atoms with Gasteiger partial charge in [-0.3, -0.25) is 4.79 Å². The van der Waals surface area contributed by atoms with Crippen LogP contribution >= 0.6 is 0 Å². The number of carbonyl (C=O) groups excluding carboxylic acids is 1. The summed E-state index contributed by atoms with van der Waals surface area (Å²) in [6, 6.07) is 9.72. The molecule has 0 saturated carbocycles. The molecule has 0 atom stereocenters. The topological polar surface area (TPSA) is 26.3 Å². The van der Waals surface area contributed by atoms with Gasteiger partial charge in [0.2, 0.25) is 0 Å². The van der Waals surface area contributed by atoms with Gasteiger partial charge in [-0.25, -0.2) is 0 Å². The van der Waals surface area contributed by atoms with Gasteiger partial charge in [-0.05, 0) is 26.0 Å². The number of ether oxygens (including phenoxy) is 1. The predicted molar refractivity (Wildman–Crippen MR) is 63.8 cm³/mol. The van der Waals surface area contributed by atoms with E-state index in [1.54, 1.807) is 0 Å². The van der Waals surface area contributed by atoms with Crippen LogP contribution in [0.25, 0.3) is 0 Å². The molecule has 0 aliphatic heterocycles. The highest BCUT2D eigenvalue weighted by atomic mass is 16.5. The summed E-state index contributed by atoms with van der Waals surface area (Å²) < 4.78 is 5.00. The Kier molecular flexibility index (Phi) is 5.15. The highest BCUT2D eigenvalue weighted by Crippen LogP contribution is 1.98. The minimum Gasteiger partial charge on any atom is -0.463 e. The van der Waals surface area contributed by atoms with Gasteiger partial charge in [-0.2, -0.15) is 0 Å². The fourth-order valence-electron chi connectivity index (χ4n) is 1.17. The Morgan fingerprint density at radius 1 is 1.31 bits per heavy atom. The van der Waals surface area contributed by atoms with Gasteiger partial charge in [0.25, 0.3) is 0 Å². The lowest BCUT2D eigenvalue weighted by atomic mass is 10.2. The average molecular weight is 216 g/mol. The molecule has 0 fully saturated rings. The smallest absolute Gasteiger partial charge is 0.307 e. The van der Waals surface area contributed by atoms with Gasteiger partial charge in [-0.1, -0.05) is 30.0 Å². The third-order valence-corrected chi connectivity index (χ3v) is 1.83. The molecule has 0 unspecified atom stereocenters. The van der Waals surface area contributed by atoms with Crippen LogP contribution in [0.2, 0.25) is 0 Å². The Morgan fingerprint density at radius 2 is 2.00 bits per heavy atom. The van der Waals surface area contributed by atoms with Crippen molar-refractivity contribution in [1.29, 1.82) is 0 Å². The molecular weight excluding hydrogens is 200 g/mol. The third kappa shape index (κ3) is 5.21. The summed E-state index contributed by atoms with van der Waals surface area (Å²) in [4.78, 5) is 11.2. The summed E-state index contributed by atoms with van der Waals surface area (Å²) in [7, 11) is 0. The first kappa shape index (κ1) is 12.3. The first-order valence-corrected chi connectivity index (χ1v) is 5.42. The van der Waals surface area contributed by atoms with Crippen LogP contribution in [0.1, 0.15) is 32.3 Å². The predicted octanol–water partition coefficient (Wildman–Crippen LogP) is 2.77. The second-order valence-corrected chi connectivity index (χ2v) is 3.71. The first-order valence-electron chi connectivity index (χ1n) is 5.42. The van der Waals surface area contributed by atoms with Crippen molar-refractivity contribution >= 4 is 5.97 Å². The van der Waals surface area contributed by atoms with Crippen molar-refractivity contribution < 1.29 is 9.53 Å². The molecule has 1 aromatic rings. The van der Waals surface area contributed by atoms with E-state index in [0.717, 1.165) is 5.56 Å². The van der Waals surface area contributed by atoms with Crippen LogP contribution in [0.15, 0.2) is 30.3 Å². The lowest BCUT2D eigenvalue weighted by Gasteiger charge is -2.05. The molecule has 0 bridgehead atoms.